The molecule has 94 valence electrons. The number of rotatable bonds is 7. The zero-order valence-corrected chi connectivity index (χ0v) is 10.5. The third-order valence-electron chi connectivity index (χ3n) is 2.22. The molecule has 0 unspecified atom stereocenters. The molecule has 0 aromatic heterocycles. The van der Waals surface area contributed by atoms with Crippen LogP contribution >= 0.6 is 0 Å². The predicted molar refractivity (Wildman–Crippen MR) is 63.2 cm³/mol. The molecule has 0 heterocycles. The van der Waals surface area contributed by atoms with Gasteiger partial charge in [-0.1, -0.05) is 20.8 Å². The molecular formula is C12H23NO3. The van der Waals surface area contributed by atoms with Crippen LogP contribution in [0.2, 0.25) is 0 Å². The Morgan fingerprint density at radius 1 is 1.12 bits per heavy atom. The molecule has 1 amide bonds. The average molecular weight is 229 g/mol. The van der Waals surface area contributed by atoms with E-state index in [-0.39, 0.29) is 17.7 Å². The molecule has 0 saturated heterocycles. The second-order valence-corrected chi connectivity index (χ2v) is 5.26. The van der Waals surface area contributed by atoms with Gasteiger partial charge in [-0.15, -0.1) is 0 Å². The first-order chi connectivity index (χ1) is 7.31. The molecule has 0 saturated carbocycles. The Morgan fingerprint density at radius 2 is 1.75 bits per heavy atom. The van der Waals surface area contributed by atoms with E-state index in [2.05, 4.69) is 26.1 Å². The van der Waals surface area contributed by atoms with Crippen LogP contribution in [0.5, 0.6) is 0 Å². The van der Waals surface area contributed by atoms with Crippen molar-refractivity contribution >= 4 is 11.9 Å². The van der Waals surface area contributed by atoms with Crippen LogP contribution in [0, 0.1) is 5.41 Å². The van der Waals surface area contributed by atoms with Crippen molar-refractivity contribution in [2.75, 3.05) is 6.54 Å². The summed E-state index contributed by atoms with van der Waals surface area (Å²) in [6.07, 6.45) is 3.05. The molecule has 0 aliphatic carbocycles. The summed E-state index contributed by atoms with van der Waals surface area (Å²) in [6, 6.07) is 0. The molecule has 4 nitrogen and oxygen atoms in total. The second-order valence-electron chi connectivity index (χ2n) is 5.26. The Morgan fingerprint density at radius 3 is 2.25 bits per heavy atom. The fourth-order valence-electron chi connectivity index (χ4n) is 1.34. The molecule has 0 bridgehead atoms. The summed E-state index contributed by atoms with van der Waals surface area (Å²) >= 11 is 0. The van der Waals surface area contributed by atoms with E-state index in [1.54, 1.807) is 0 Å². The van der Waals surface area contributed by atoms with Gasteiger partial charge in [0.1, 0.15) is 0 Å². The monoisotopic (exact) mass is 229 g/mol. The Balaban J connectivity index is 3.42. The standard InChI is InChI=1S/C12H23NO3/c1-12(2,3)8-4-6-10(14)13-9-5-7-11(15)16/h4-9H2,1-3H3,(H,13,14)(H,15,16). The van der Waals surface area contributed by atoms with Gasteiger partial charge in [-0.25, -0.2) is 0 Å². The number of aliphatic carboxylic acids is 1. The molecule has 0 aromatic carbocycles. The van der Waals surface area contributed by atoms with Crippen molar-refractivity contribution in [3.05, 3.63) is 0 Å². The molecule has 0 aromatic rings. The maximum Gasteiger partial charge on any atom is 0.303 e. The van der Waals surface area contributed by atoms with Crippen molar-refractivity contribution in [2.45, 2.75) is 52.9 Å². The maximum atomic E-state index is 11.3. The van der Waals surface area contributed by atoms with Crippen molar-refractivity contribution in [3.8, 4) is 0 Å². The molecule has 0 spiro atoms. The highest BCUT2D eigenvalue weighted by Gasteiger charge is 2.10. The molecule has 0 aliphatic heterocycles. The van der Waals surface area contributed by atoms with Crippen LogP contribution in [0.1, 0.15) is 52.9 Å². The lowest BCUT2D eigenvalue weighted by molar-refractivity contribution is -0.137. The van der Waals surface area contributed by atoms with Gasteiger partial charge in [0.15, 0.2) is 0 Å². The summed E-state index contributed by atoms with van der Waals surface area (Å²) in [5.41, 5.74) is 0.267. The Kier molecular flexibility index (Phi) is 6.77. The van der Waals surface area contributed by atoms with Crippen molar-refractivity contribution in [3.63, 3.8) is 0 Å². The van der Waals surface area contributed by atoms with E-state index in [4.69, 9.17) is 5.11 Å². The Bertz CT molecular complexity index is 231. The van der Waals surface area contributed by atoms with Crippen LogP contribution in [-0.2, 0) is 9.59 Å². The van der Waals surface area contributed by atoms with Gasteiger partial charge >= 0.3 is 5.97 Å². The van der Waals surface area contributed by atoms with Crippen molar-refractivity contribution in [1.82, 2.24) is 5.32 Å². The van der Waals surface area contributed by atoms with Crippen LogP contribution in [0.15, 0.2) is 0 Å². The number of hydrogen-bond acceptors (Lipinski definition) is 2. The minimum Gasteiger partial charge on any atom is -0.481 e. The van der Waals surface area contributed by atoms with E-state index in [1.807, 2.05) is 0 Å². The van der Waals surface area contributed by atoms with Crippen molar-refractivity contribution in [2.24, 2.45) is 5.41 Å². The second kappa shape index (κ2) is 7.25. The first kappa shape index (κ1) is 14.9. The van der Waals surface area contributed by atoms with Crippen LogP contribution < -0.4 is 5.32 Å². The zero-order chi connectivity index (χ0) is 12.6. The zero-order valence-electron chi connectivity index (χ0n) is 10.5. The van der Waals surface area contributed by atoms with E-state index in [0.717, 1.165) is 12.8 Å². The normalized spacial score (nSPS) is 11.2. The molecule has 0 fully saturated rings. The minimum atomic E-state index is -0.818. The summed E-state index contributed by atoms with van der Waals surface area (Å²) < 4.78 is 0. The third-order valence-corrected chi connectivity index (χ3v) is 2.22. The van der Waals surface area contributed by atoms with E-state index >= 15 is 0 Å². The fraction of sp³-hybridized carbons (Fsp3) is 0.833. The molecular weight excluding hydrogens is 206 g/mol. The van der Waals surface area contributed by atoms with Gasteiger partial charge in [-0.3, -0.25) is 9.59 Å². The summed E-state index contributed by atoms with van der Waals surface area (Å²) in [4.78, 5) is 21.5. The lowest BCUT2D eigenvalue weighted by Crippen LogP contribution is -2.24. The maximum absolute atomic E-state index is 11.3. The number of hydrogen-bond donors (Lipinski definition) is 2. The highest BCUT2D eigenvalue weighted by Crippen LogP contribution is 2.21. The SMILES string of the molecule is CC(C)(C)CCCC(=O)NCCCC(=O)O. The molecule has 2 N–H and O–H groups in total. The molecule has 16 heavy (non-hydrogen) atoms. The van der Waals surface area contributed by atoms with Crippen molar-refractivity contribution < 1.29 is 14.7 Å². The van der Waals surface area contributed by atoms with Gasteiger partial charge in [0.25, 0.3) is 0 Å². The number of carbonyl (C=O) groups excluding carboxylic acids is 1. The van der Waals surface area contributed by atoms with Gasteiger partial charge in [-0.2, -0.15) is 0 Å². The summed E-state index contributed by atoms with van der Waals surface area (Å²) in [5.74, 6) is -0.795. The molecule has 0 rings (SSSR count). The van der Waals surface area contributed by atoms with Gasteiger partial charge in [0.2, 0.25) is 5.91 Å². The summed E-state index contributed by atoms with van der Waals surface area (Å²) in [5, 5.41) is 11.1. The molecule has 0 radical (unpaired) electrons. The number of carboxylic acids is 1. The van der Waals surface area contributed by atoms with Gasteiger partial charge < -0.3 is 10.4 Å². The molecule has 0 aliphatic rings. The molecule has 0 atom stereocenters. The Labute approximate surface area is 97.4 Å². The fourth-order valence-corrected chi connectivity index (χ4v) is 1.34. The number of nitrogens with one attached hydrogen (secondary N) is 1. The number of carbonyl (C=O) groups is 2. The van der Waals surface area contributed by atoms with Gasteiger partial charge in [0.05, 0.1) is 0 Å². The first-order valence-corrected chi connectivity index (χ1v) is 5.80. The van der Waals surface area contributed by atoms with Crippen LogP contribution in [-0.4, -0.2) is 23.5 Å². The highest BCUT2D eigenvalue weighted by atomic mass is 16.4. The van der Waals surface area contributed by atoms with Gasteiger partial charge in [0, 0.05) is 19.4 Å². The lowest BCUT2D eigenvalue weighted by atomic mass is 9.90. The quantitative estimate of drug-likeness (QED) is 0.657. The number of carboxylic acid groups (broad SMARTS) is 1. The van der Waals surface area contributed by atoms with E-state index in [0.29, 0.717) is 19.4 Å². The average Bonchev–Trinajstić information content (AvgIpc) is 2.10. The Hall–Kier alpha value is -1.06. The summed E-state index contributed by atoms with van der Waals surface area (Å²) in [7, 11) is 0. The molecule has 4 heteroatoms. The third kappa shape index (κ3) is 11.0. The van der Waals surface area contributed by atoms with E-state index in [9.17, 15) is 9.59 Å². The largest absolute Gasteiger partial charge is 0.481 e. The van der Waals surface area contributed by atoms with E-state index < -0.39 is 5.97 Å². The topological polar surface area (TPSA) is 66.4 Å². The van der Waals surface area contributed by atoms with Gasteiger partial charge in [-0.05, 0) is 24.7 Å². The van der Waals surface area contributed by atoms with Crippen molar-refractivity contribution in [1.29, 1.82) is 0 Å². The van der Waals surface area contributed by atoms with Crippen LogP contribution in [0.25, 0.3) is 0 Å². The summed E-state index contributed by atoms with van der Waals surface area (Å²) in [6.45, 7) is 6.91. The van der Waals surface area contributed by atoms with Crippen LogP contribution in [0.3, 0.4) is 0 Å². The first-order valence-electron chi connectivity index (χ1n) is 5.80. The minimum absolute atomic E-state index is 0.0228. The van der Waals surface area contributed by atoms with E-state index in [1.165, 1.54) is 0 Å². The highest BCUT2D eigenvalue weighted by molar-refractivity contribution is 5.75. The lowest BCUT2D eigenvalue weighted by Gasteiger charge is -2.17. The van der Waals surface area contributed by atoms with Crippen LogP contribution in [0.4, 0.5) is 0 Å². The smallest absolute Gasteiger partial charge is 0.303 e. The number of amides is 1. The predicted octanol–water partition coefficient (Wildman–Crippen LogP) is 2.18.